The Labute approximate surface area is 195 Å². The molecule has 1 aliphatic heterocycles. The molecule has 9 heteroatoms. The van der Waals surface area contributed by atoms with Crippen molar-refractivity contribution in [3.8, 4) is 16.9 Å². The van der Waals surface area contributed by atoms with Crippen LogP contribution in [0.1, 0.15) is 23.2 Å². The normalized spacial score (nSPS) is 14.8. The number of hydrogen-bond donors (Lipinski definition) is 0. The molecule has 34 heavy (non-hydrogen) atoms. The number of nitrogens with zero attached hydrogens (tertiary/aromatic N) is 6. The van der Waals surface area contributed by atoms with Crippen molar-refractivity contribution in [1.29, 1.82) is 0 Å². The average Bonchev–Trinajstić information content (AvgIpc) is 3.36. The van der Waals surface area contributed by atoms with Crippen molar-refractivity contribution in [2.45, 2.75) is 18.9 Å². The second kappa shape index (κ2) is 8.83. The molecule has 0 atom stereocenters. The van der Waals surface area contributed by atoms with Crippen molar-refractivity contribution in [2.75, 3.05) is 27.2 Å². The van der Waals surface area contributed by atoms with E-state index in [4.69, 9.17) is 0 Å². The Morgan fingerprint density at radius 1 is 1.06 bits per heavy atom. The molecule has 5 rings (SSSR count). The van der Waals surface area contributed by atoms with Gasteiger partial charge in [0.05, 0.1) is 23.0 Å². The van der Waals surface area contributed by atoms with Gasteiger partial charge in [-0.15, -0.1) is 9.89 Å². The van der Waals surface area contributed by atoms with Crippen molar-refractivity contribution < 1.29 is 9.28 Å². The van der Waals surface area contributed by atoms with Gasteiger partial charge in [0.15, 0.2) is 0 Å². The molecule has 0 bridgehead atoms. The molecule has 2 aromatic heterocycles. The van der Waals surface area contributed by atoms with Crippen LogP contribution in [0, 0.1) is 0 Å². The molecule has 1 amide bonds. The molecule has 2 aromatic carbocycles. The molecule has 1 aliphatic rings. The number of amides is 1. The highest BCUT2D eigenvalue weighted by Gasteiger charge is 2.24. The lowest BCUT2D eigenvalue weighted by Gasteiger charge is -2.35. The van der Waals surface area contributed by atoms with E-state index in [9.17, 15) is 14.1 Å². The van der Waals surface area contributed by atoms with E-state index in [1.165, 1.54) is 4.68 Å². The SMILES string of the molecule is CN(C)C1CCN(C(=O)c2ccc(-n3cc(-c4cc5ccccc5n(F)c4=O)nn3)cc2)CC1. The first-order chi connectivity index (χ1) is 16.4. The van der Waals surface area contributed by atoms with Crippen LogP contribution >= 0.6 is 0 Å². The van der Waals surface area contributed by atoms with Gasteiger partial charge in [-0.05, 0) is 63.3 Å². The van der Waals surface area contributed by atoms with E-state index in [1.54, 1.807) is 60.8 Å². The summed E-state index contributed by atoms with van der Waals surface area (Å²) in [6.45, 7) is 1.49. The van der Waals surface area contributed by atoms with Crippen LogP contribution in [-0.4, -0.2) is 68.7 Å². The molecule has 3 heterocycles. The number of hydrogen-bond acceptors (Lipinski definition) is 5. The minimum Gasteiger partial charge on any atom is -0.339 e. The van der Waals surface area contributed by atoms with Gasteiger partial charge in [0.2, 0.25) is 0 Å². The fourth-order valence-corrected chi connectivity index (χ4v) is 4.44. The van der Waals surface area contributed by atoms with Crippen LogP contribution in [0.5, 0.6) is 0 Å². The Bertz CT molecular complexity index is 1400. The number of carbonyl (C=O) groups excluding carboxylic acids is 1. The van der Waals surface area contributed by atoms with E-state index >= 15 is 0 Å². The summed E-state index contributed by atoms with van der Waals surface area (Å²) in [5, 5.41) is 8.77. The van der Waals surface area contributed by atoms with Gasteiger partial charge in [-0.1, -0.05) is 27.9 Å². The number of pyridine rings is 1. The van der Waals surface area contributed by atoms with Crippen LogP contribution in [0.15, 0.2) is 65.6 Å². The summed E-state index contributed by atoms with van der Waals surface area (Å²) in [7, 11) is 4.15. The first-order valence-corrected chi connectivity index (χ1v) is 11.2. The number of fused-ring (bicyclic) bond motifs is 1. The maximum atomic E-state index is 14.5. The van der Waals surface area contributed by atoms with E-state index in [2.05, 4.69) is 29.3 Å². The largest absolute Gasteiger partial charge is 0.339 e. The lowest BCUT2D eigenvalue weighted by Crippen LogP contribution is -2.44. The lowest BCUT2D eigenvalue weighted by atomic mass is 10.0. The summed E-state index contributed by atoms with van der Waals surface area (Å²) < 4.78 is 16.0. The summed E-state index contributed by atoms with van der Waals surface area (Å²) in [6.07, 6.45) is 3.51. The summed E-state index contributed by atoms with van der Waals surface area (Å²) >= 11 is 0. The molecule has 8 nitrogen and oxygen atoms in total. The van der Waals surface area contributed by atoms with Crippen molar-refractivity contribution in [3.63, 3.8) is 0 Å². The standard InChI is InChI=1S/C25H25FN6O2/c1-29(2)19-11-13-30(14-12-19)24(33)17-7-9-20(10-8-17)31-16-22(27-28-31)21-15-18-5-3-4-6-23(18)32(26)25(21)34/h3-10,15-16,19H,11-14H2,1-2H3. The van der Waals surface area contributed by atoms with E-state index in [0.717, 1.165) is 25.9 Å². The predicted molar refractivity (Wildman–Crippen MR) is 128 cm³/mol. The highest BCUT2D eigenvalue weighted by molar-refractivity contribution is 5.94. The first kappa shape index (κ1) is 22.0. The summed E-state index contributed by atoms with van der Waals surface area (Å²) in [6, 6.07) is 16.0. The van der Waals surface area contributed by atoms with Gasteiger partial charge in [-0.25, -0.2) is 4.68 Å². The van der Waals surface area contributed by atoms with E-state index in [-0.39, 0.29) is 27.5 Å². The molecule has 0 aliphatic carbocycles. The zero-order valence-electron chi connectivity index (χ0n) is 19.1. The van der Waals surface area contributed by atoms with Crippen LogP contribution in [0.2, 0.25) is 0 Å². The Balaban J connectivity index is 1.35. The van der Waals surface area contributed by atoms with Gasteiger partial charge in [0.1, 0.15) is 5.69 Å². The Morgan fingerprint density at radius 2 is 1.76 bits per heavy atom. The number of aromatic nitrogens is 4. The van der Waals surface area contributed by atoms with Crippen LogP contribution in [-0.2, 0) is 0 Å². The molecule has 1 fully saturated rings. The van der Waals surface area contributed by atoms with Crippen molar-refractivity contribution in [3.05, 3.63) is 76.7 Å². The molecule has 1 saturated heterocycles. The maximum Gasteiger partial charge on any atom is 0.288 e. The van der Waals surface area contributed by atoms with Crippen LogP contribution in [0.4, 0.5) is 4.48 Å². The van der Waals surface area contributed by atoms with Gasteiger partial charge >= 0.3 is 0 Å². The molecular weight excluding hydrogens is 435 g/mol. The van der Waals surface area contributed by atoms with Crippen molar-refractivity contribution in [1.82, 2.24) is 29.6 Å². The third-order valence-electron chi connectivity index (χ3n) is 6.49. The summed E-state index contributed by atoms with van der Waals surface area (Å²) in [5.41, 5.74) is 1.11. The highest BCUT2D eigenvalue weighted by atomic mass is 19.2. The third-order valence-corrected chi connectivity index (χ3v) is 6.49. The number of halogens is 1. The predicted octanol–water partition coefficient (Wildman–Crippen LogP) is 3.15. The van der Waals surface area contributed by atoms with Crippen molar-refractivity contribution >= 4 is 16.8 Å². The molecule has 0 spiro atoms. The van der Waals surface area contributed by atoms with E-state index < -0.39 is 5.56 Å². The van der Waals surface area contributed by atoms with Gasteiger partial charge in [0.25, 0.3) is 11.5 Å². The smallest absolute Gasteiger partial charge is 0.288 e. The number of benzene rings is 2. The zero-order valence-corrected chi connectivity index (χ0v) is 19.1. The van der Waals surface area contributed by atoms with Crippen LogP contribution < -0.4 is 5.56 Å². The molecule has 0 radical (unpaired) electrons. The van der Waals surface area contributed by atoms with Gasteiger partial charge in [-0.3, -0.25) is 9.59 Å². The number of piperidine rings is 1. The van der Waals surface area contributed by atoms with Crippen LogP contribution in [0.25, 0.3) is 27.8 Å². The van der Waals surface area contributed by atoms with E-state index in [0.29, 0.717) is 22.7 Å². The van der Waals surface area contributed by atoms with Gasteiger partial charge < -0.3 is 9.80 Å². The molecule has 0 N–H and O–H groups in total. The zero-order chi connectivity index (χ0) is 23.8. The average molecular weight is 461 g/mol. The fraction of sp³-hybridized carbons (Fsp3) is 0.280. The molecule has 0 saturated carbocycles. The maximum absolute atomic E-state index is 14.5. The number of rotatable bonds is 4. The lowest BCUT2D eigenvalue weighted by molar-refractivity contribution is 0.0663. The number of carbonyl (C=O) groups is 1. The summed E-state index contributed by atoms with van der Waals surface area (Å²) in [5.74, 6) is 0.0164. The second-order valence-corrected chi connectivity index (χ2v) is 8.79. The third kappa shape index (κ3) is 3.99. The molecular formula is C25H25FN6O2. The van der Waals surface area contributed by atoms with Gasteiger partial charge in [-0.2, -0.15) is 0 Å². The Kier molecular flexibility index (Phi) is 5.70. The molecule has 0 unspecified atom stereocenters. The quantitative estimate of drug-likeness (QED) is 0.468. The minimum atomic E-state index is -0.787. The fourth-order valence-electron chi connectivity index (χ4n) is 4.44. The van der Waals surface area contributed by atoms with Crippen molar-refractivity contribution in [2.24, 2.45) is 0 Å². The topological polar surface area (TPSA) is 76.3 Å². The molecule has 174 valence electrons. The summed E-state index contributed by atoms with van der Waals surface area (Å²) in [4.78, 5) is 29.7. The monoisotopic (exact) mass is 460 g/mol. The Hall–Kier alpha value is -3.85. The molecule has 4 aromatic rings. The number of likely N-dealkylation sites (tertiary alicyclic amines) is 1. The first-order valence-electron chi connectivity index (χ1n) is 11.2. The minimum absolute atomic E-state index is 0.0164. The Morgan fingerprint density at radius 3 is 2.47 bits per heavy atom. The van der Waals surface area contributed by atoms with Crippen LogP contribution in [0.3, 0.4) is 0 Å². The van der Waals surface area contributed by atoms with E-state index in [1.807, 2.05) is 4.90 Å². The second-order valence-electron chi connectivity index (χ2n) is 8.79. The van der Waals surface area contributed by atoms with Gasteiger partial charge in [0, 0.05) is 30.1 Å². The number of para-hydroxylation sites is 1. The highest BCUT2D eigenvalue weighted by Crippen LogP contribution is 2.21.